The summed E-state index contributed by atoms with van der Waals surface area (Å²) in [4.78, 5) is 9.41. The van der Waals surface area contributed by atoms with E-state index >= 15 is 0 Å². The van der Waals surface area contributed by atoms with Gasteiger partial charge in [-0.05, 0) is 73.6 Å². The molecule has 0 aromatic heterocycles. The van der Waals surface area contributed by atoms with Gasteiger partial charge in [0.15, 0.2) is 0 Å². The van der Waals surface area contributed by atoms with Crippen LogP contribution in [0.4, 0.5) is 0 Å². The van der Waals surface area contributed by atoms with Crippen LogP contribution in [0.15, 0.2) is 143 Å². The van der Waals surface area contributed by atoms with Gasteiger partial charge < -0.3 is 7.43 Å². The van der Waals surface area contributed by atoms with E-state index in [2.05, 4.69) is 164 Å². The average molecular weight is 722 g/mol. The third kappa shape index (κ3) is 8.80. The van der Waals surface area contributed by atoms with Crippen LogP contribution in [0.2, 0.25) is 0 Å². The summed E-state index contributed by atoms with van der Waals surface area (Å²) in [7, 11) is 4.57. The molecule has 0 N–H and O–H groups in total. The average Bonchev–Trinajstić information content (AvgIpc) is 3.11. The van der Waals surface area contributed by atoms with Crippen LogP contribution in [0.3, 0.4) is 0 Å². The molecule has 0 atom stereocenters. The number of hydrogen-bond acceptors (Lipinski definition) is 2. The van der Waals surface area contributed by atoms with Crippen molar-refractivity contribution in [1.82, 2.24) is 0 Å². The van der Waals surface area contributed by atoms with E-state index in [4.69, 9.17) is 9.98 Å². The molecule has 0 radical (unpaired) electrons. The van der Waals surface area contributed by atoms with Crippen molar-refractivity contribution in [1.29, 1.82) is 0 Å². The van der Waals surface area contributed by atoms with Gasteiger partial charge in [0.05, 0.1) is 13.1 Å². The topological polar surface area (TPSA) is 24.7 Å². The molecule has 0 saturated heterocycles. The maximum absolute atomic E-state index is 4.70. The Balaban J connectivity index is 0.000000329. The van der Waals surface area contributed by atoms with Crippen molar-refractivity contribution in [2.75, 3.05) is 13.1 Å². The van der Waals surface area contributed by atoms with E-state index in [1.54, 1.807) is 0 Å². The summed E-state index contributed by atoms with van der Waals surface area (Å²) in [6.07, 6.45) is 3.99. The van der Waals surface area contributed by atoms with Crippen molar-refractivity contribution in [3.05, 3.63) is 163 Å². The summed E-state index contributed by atoms with van der Waals surface area (Å²) in [5.74, 6) is 0.653. The molecular formula is C43H41ClN2Ru. The zero-order valence-corrected chi connectivity index (χ0v) is 30.0. The number of fused-ring (bicyclic) bond motifs is 6. The van der Waals surface area contributed by atoms with Crippen LogP contribution in [0.25, 0.3) is 43.1 Å². The number of halogens is 1. The number of aliphatic imine (C=N–C) groups is 2. The van der Waals surface area contributed by atoms with Gasteiger partial charge in [0.2, 0.25) is 0 Å². The molecule has 7 rings (SSSR count). The Morgan fingerprint density at radius 1 is 0.532 bits per heavy atom. The molecule has 2 nitrogen and oxygen atoms in total. The Bertz CT molecular complexity index is 1980. The van der Waals surface area contributed by atoms with Crippen molar-refractivity contribution >= 4 is 65.2 Å². The number of hydrogen-bond donors (Lipinski definition) is 0. The van der Waals surface area contributed by atoms with E-state index < -0.39 is 0 Å². The van der Waals surface area contributed by atoms with Crippen molar-refractivity contribution < 1.29 is 17.3 Å². The predicted molar refractivity (Wildman–Crippen MR) is 205 cm³/mol. The molecule has 7 aromatic rings. The quantitative estimate of drug-likeness (QED) is 0.0537. The fraction of sp³-hybridized carbons (Fsp3) is 0.140. The second kappa shape index (κ2) is 17.7. The van der Waals surface area contributed by atoms with Gasteiger partial charge in [0.25, 0.3) is 0 Å². The summed E-state index contributed by atoms with van der Waals surface area (Å²) >= 11 is 1.82. The molecule has 0 heterocycles. The molecule has 7 aromatic carbocycles. The number of benzene rings is 7. The Morgan fingerprint density at radius 2 is 0.894 bits per heavy atom. The Labute approximate surface area is 294 Å². The van der Waals surface area contributed by atoms with Gasteiger partial charge in [0, 0.05) is 23.6 Å². The van der Waals surface area contributed by atoms with E-state index in [1.807, 2.05) is 29.7 Å². The third-order valence-electron chi connectivity index (χ3n) is 8.16. The van der Waals surface area contributed by atoms with Crippen molar-refractivity contribution in [2.24, 2.45) is 9.98 Å². The van der Waals surface area contributed by atoms with E-state index in [1.165, 1.54) is 54.2 Å². The first-order valence-electron chi connectivity index (χ1n) is 15.6. The van der Waals surface area contributed by atoms with Crippen LogP contribution in [0.1, 0.15) is 42.0 Å². The Morgan fingerprint density at radius 3 is 1.30 bits per heavy atom. The summed E-state index contributed by atoms with van der Waals surface area (Å²) in [5.41, 5.74) is 5.06. The SMILES string of the molecule is C(=NCCN=Cc1cc2ccccc2c2ccccc12)c1cc2ccccc2c2ccccc12.Cc1ccc(C(C)C)cc1.[CH3-].[Cl][Ru+]. The van der Waals surface area contributed by atoms with Crippen molar-refractivity contribution in [3.8, 4) is 0 Å². The zero-order chi connectivity index (χ0) is 32.3. The monoisotopic (exact) mass is 722 g/mol. The van der Waals surface area contributed by atoms with Gasteiger partial charge >= 0.3 is 27.0 Å². The Kier molecular flexibility index (Phi) is 13.4. The van der Waals surface area contributed by atoms with Gasteiger partial charge in [-0.15, -0.1) is 0 Å². The molecule has 0 aliphatic rings. The van der Waals surface area contributed by atoms with Crippen LogP contribution < -0.4 is 0 Å². The van der Waals surface area contributed by atoms with Gasteiger partial charge in [-0.3, -0.25) is 9.98 Å². The Hall–Kier alpha value is -4.17. The summed E-state index contributed by atoms with van der Waals surface area (Å²) in [6, 6.07) is 47.3. The molecule has 47 heavy (non-hydrogen) atoms. The fourth-order valence-corrected chi connectivity index (χ4v) is 5.77. The van der Waals surface area contributed by atoms with Crippen molar-refractivity contribution in [2.45, 2.75) is 26.7 Å². The molecule has 238 valence electrons. The summed E-state index contributed by atoms with van der Waals surface area (Å²) in [5, 5.41) is 10.0. The number of rotatable bonds is 6. The van der Waals surface area contributed by atoms with Gasteiger partial charge in [0.1, 0.15) is 0 Å². The van der Waals surface area contributed by atoms with E-state index in [0.29, 0.717) is 19.0 Å². The number of aryl methyl sites for hydroxylation is 1. The first-order chi connectivity index (χ1) is 22.6. The van der Waals surface area contributed by atoms with Crippen LogP contribution in [0, 0.1) is 14.4 Å². The molecule has 0 aliphatic carbocycles. The second-order valence-corrected chi connectivity index (χ2v) is 11.6. The van der Waals surface area contributed by atoms with Crippen LogP contribution >= 0.6 is 9.69 Å². The maximum atomic E-state index is 4.70. The fourth-order valence-electron chi connectivity index (χ4n) is 5.77. The van der Waals surface area contributed by atoms with Gasteiger partial charge in [-0.1, -0.05) is 141 Å². The third-order valence-corrected chi connectivity index (χ3v) is 8.16. The van der Waals surface area contributed by atoms with Crippen LogP contribution in [-0.2, 0) is 17.3 Å². The minimum absolute atomic E-state index is 0. The molecule has 0 aliphatic heterocycles. The first-order valence-corrected chi connectivity index (χ1v) is 17.8. The minimum atomic E-state index is 0. The second-order valence-electron chi connectivity index (χ2n) is 11.6. The molecule has 0 amide bonds. The summed E-state index contributed by atoms with van der Waals surface area (Å²) in [6.45, 7) is 7.85. The van der Waals surface area contributed by atoms with E-state index in [9.17, 15) is 0 Å². The van der Waals surface area contributed by atoms with E-state index in [-0.39, 0.29) is 7.43 Å². The molecule has 0 unspecified atom stereocenters. The number of nitrogens with zero attached hydrogens (tertiary/aromatic N) is 2. The molecule has 0 fully saturated rings. The molecule has 0 spiro atoms. The van der Waals surface area contributed by atoms with Crippen LogP contribution in [-0.4, -0.2) is 25.5 Å². The van der Waals surface area contributed by atoms with Gasteiger partial charge in [-0.2, -0.15) is 0 Å². The van der Waals surface area contributed by atoms with E-state index in [0.717, 1.165) is 11.1 Å². The van der Waals surface area contributed by atoms with Crippen LogP contribution in [0.5, 0.6) is 0 Å². The van der Waals surface area contributed by atoms with Gasteiger partial charge in [-0.25, -0.2) is 0 Å². The molecule has 0 bridgehead atoms. The zero-order valence-electron chi connectivity index (χ0n) is 27.5. The predicted octanol–water partition coefficient (Wildman–Crippen LogP) is 12.1. The normalized spacial score (nSPS) is 11.1. The first kappa shape index (κ1) is 35.7. The molecule has 0 saturated carbocycles. The summed E-state index contributed by atoms with van der Waals surface area (Å²) < 4.78 is 0. The van der Waals surface area contributed by atoms with Crippen molar-refractivity contribution in [3.63, 3.8) is 0 Å². The molecule has 4 heteroatoms. The molecular weight excluding hydrogens is 681 g/mol. The standard InChI is InChI=1S/C32H24N2.C10H14.CH3.ClH.Ru/c1-3-11-27-23(9-1)19-25(29-13-5-7-15-31(27)29)21-33-17-18-34-22-26-20-24-10-2-4-12-28(24)32-16-8-6-14-30(26)32;1-8(2)10-6-4-9(3)5-7-10;;;/h1-16,19-22H,17-18H2;4-8H,1-3H3;1H3;1H;/q;;-1;;+2/p-1.